The number of methoxy groups -OCH3 is 1. The van der Waals surface area contributed by atoms with E-state index in [9.17, 15) is 14.4 Å². The van der Waals surface area contributed by atoms with Gasteiger partial charge < -0.3 is 9.84 Å². The first-order valence-electron chi connectivity index (χ1n) is 6.33. The minimum Gasteiger partial charge on any atom is -0.497 e. The molecule has 7 heteroatoms. The number of rotatable bonds is 5. The lowest BCUT2D eigenvalue weighted by atomic mass is 10.3. The zero-order valence-corrected chi connectivity index (χ0v) is 12.4. The quantitative estimate of drug-likeness (QED) is 0.831. The Morgan fingerprint density at radius 1 is 1.48 bits per heavy atom. The summed E-state index contributed by atoms with van der Waals surface area (Å²) in [5.41, 5.74) is 0.440. The molecule has 1 saturated heterocycles. The molecule has 0 saturated carbocycles. The van der Waals surface area contributed by atoms with Gasteiger partial charge in [0.05, 0.1) is 18.0 Å². The highest BCUT2D eigenvalue weighted by Gasteiger charge is 2.41. The van der Waals surface area contributed by atoms with Crippen LogP contribution in [-0.4, -0.2) is 40.5 Å². The van der Waals surface area contributed by atoms with Crippen LogP contribution in [0.4, 0.5) is 5.69 Å². The van der Waals surface area contributed by atoms with Gasteiger partial charge in [0.2, 0.25) is 11.8 Å². The van der Waals surface area contributed by atoms with Gasteiger partial charge in [0.15, 0.2) is 0 Å². The van der Waals surface area contributed by atoms with Crippen LogP contribution in [0.25, 0.3) is 0 Å². The molecule has 2 amide bonds. The van der Waals surface area contributed by atoms with E-state index in [1.54, 1.807) is 24.3 Å². The topological polar surface area (TPSA) is 83.9 Å². The Bertz CT molecular complexity index is 588. The maximum atomic E-state index is 12.3. The number of amides is 2. The first-order valence-corrected chi connectivity index (χ1v) is 7.27. The van der Waals surface area contributed by atoms with Crippen molar-refractivity contribution in [3.63, 3.8) is 0 Å². The lowest BCUT2D eigenvalue weighted by Crippen LogP contribution is -2.32. The normalized spacial score (nSPS) is 19.7. The van der Waals surface area contributed by atoms with Gasteiger partial charge in [-0.1, -0.05) is 6.07 Å². The third-order valence-corrected chi connectivity index (χ3v) is 4.44. The third-order valence-electron chi connectivity index (χ3n) is 3.13. The van der Waals surface area contributed by atoms with Crippen LogP contribution < -0.4 is 9.64 Å². The maximum absolute atomic E-state index is 12.3. The van der Waals surface area contributed by atoms with Crippen molar-refractivity contribution in [2.24, 2.45) is 0 Å². The molecule has 0 radical (unpaired) electrons. The molecule has 0 spiro atoms. The van der Waals surface area contributed by atoms with Crippen LogP contribution in [0.1, 0.15) is 13.3 Å². The Labute approximate surface area is 126 Å². The van der Waals surface area contributed by atoms with Crippen molar-refractivity contribution >= 4 is 35.2 Å². The number of imide groups is 1. The van der Waals surface area contributed by atoms with E-state index in [0.717, 1.165) is 16.7 Å². The number of hydrogen-bond acceptors (Lipinski definition) is 5. The highest BCUT2D eigenvalue weighted by Crippen LogP contribution is 2.33. The van der Waals surface area contributed by atoms with Crippen LogP contribution in [-0.2, 0) is 14.4 Å². The zero-order valence-electron chi connectivity index (χ0n) is 11.6. The van der Waals surface area contributed by atoms with Gasteiger partial charge in [-0.25, -0.2) is 4.90 Å². The summed E-state index contributed by atoms with van der Waals surface area (Å²) in [5.74, 6) is -1.17. The molecule has 2 atom stereocenters. The summed E-state index contributed by atoms with van der Waals surface area (Å²) in [4.78, 5) is 36.3. The number of thioether (sulfide) groups is 1. The standard InChI is InChI=1S/C14H15NO5S/c1-8(14(18)19)21-11-7-12(16)15(13(11)17)9-4-3-5-10(6-9)20-2/h3-6,8,11H,7H2,1-2H3,(H,18,19). The van der Waals surface area contributed by atoms with Crippen molar-refractivity contribution in [3.05, 3.63) is 24.3 Å². The molecule has 0 bridgehead atoms. The molecule has 1 fully saturated rings. The molecule has 0 aliphatic carbocycles. The van der Waals surface area contributed by atoms with E-state index in [1.165, 1.54) is 14.0 Å². The van der Waals surface area contributed by atoms with E-state index >= 15 is 0 Å². The number of ether oxygens (including phenoxy) is 1. The van der Waals surface area contributed by atoms with Crippen LogP contribution in [0.3, 0.4) is 0 Å². The Hall–Kier alpha value is -2.02. The molecule has 1 aliphatic heterocycles. The Morgan fingerprint density at radius 3 is 2.81 bits per heavy atom. The minimum atomic E-state index is -1.000. The van der Waals surface area contributed by atoms with Crippen molar-refractivity contribution in [3.8, 4) is 5.75 Å². The molecule has 1 aliphatic rings. The molecule has 2 rings (SSSR count). The highest BCUT2D eigenvalue weighted by atomic mass is 32.2. The third kappa shape index (κ3) is 3.18. The summed E-state index contributed by atoms with van der Waals surface area (Å²) in [7, 11) is 1.50. The van der Waals surface area contributed by atoms with Crippen LogP contribution in [0.5, 0.6) is 5.75 Å². The van der Waals surface area contributed by atoms with Gasteiger partial charge in [0, 0.05) is 12.5 Å². The van der Waals surface area contributed by atoms with Crippen molar-refractivity contribution in [2.75, 3.05) is 12.0 Å². The molecule has 1 N–H and O–H groups in total. The lowest BCUT2D eigenvalue weighted by Gasteiger charge is -2.16. The average Bonchev–Trinajstić information content (AvgIpc) is 2.73. The molecular weight excluding hydrogens is 294 g/mol. The van der Waals surface area contributed by atoms with Crippen LogP contribution in [0.15, 0.2) is 24.3 Å². The number of carbonyl (C=O) groups excluding carboxylic acids is 2. The molecule has 21 heavy (non-hydrogen) atoms. The molecule has 1 aromatic rings. The number of benzene rings is 1. The number of aliphatic carboxylic acids is 1. The van der Waals surface area contributed by atoms with E-state index in [1.807, 2.05) is 0 Å². The van der Waals surface area contributed by atoms with Crippen LogP contribution in [0, 0.1) is 0 Å². The largest absolute Gasteiger partial charge is 0.497 e. The monoisotopic (exact) mass is 309 g/mol. The second-order valence-electron chi connectivity index (χ2n) is 4.58. The Morgan fingerprint density at radius 2 is 2.19 bits per heavy atom. The molecule has 112 valence electrons. The van der Waals surface area contributed by atoms with E-state index in [-0.39, 0.29) is 18.2 Å². The van der Waals surface area contributed by atoms with Gasteiger partial charge in [0.25, 0.3) is 0 Å². The molecule has 1 heterocycles. The smallest absolute Gasteiger partial charge is 0.316 e. The summed E-state index contributed by atoms with van der Waals surface area (Å²) in [5, 5.41) is 7.50. The van der Waals surface area contributed by atoms with E-state index < -0.39 is 16.5 Å². The average molecular weight is 309 g/mol. The molecule has 2 unspecified atom stereocenters. The van der Waals surface area contributed by atoms with E-state index in [2.05, 4.69) is 0 Å². The second-order valence-corrected chi connectivity index (χ2v) is 6.13. The van der Waals surface area contributed by atoms with E-state index in [0.29, 0.717) is 11.4 Å². The van der Waals surface area contributed by atoms with Gasteiger partial charge in [-0.2, -0.15) is 0 Å². The summed E-state index contributed by atoms with van der Waals surface area (Å²) in [6, 6.07) is 6.65. The van der Waals surface area contributed by atoms with Gasteiger partial charge >= 0.3 is 5.97 Å². The highest BCUT2D eigenvalue weighted by molar-refractivity contribution is 8.01. The predicted octanol–water partition coefficient (Wildman–Crippen LogP) is 1.53. The Balaban J connectivity index is 2.20. The van der Waals surface area contributed by atoms with E-state index in [4.69, 9.17) is 9.84 Å². The van der Waals surface area contributed by atoms with Crippen molar-refractivity contribution < 1.29 is 24.2 Å². The molecule has 0 aromatic heterocycles. The SMILES string of the molecule is COc1cccc(N2C(=O)CC(SC(C)C(=O)O)C2=O)c1. The molecule has 1 aromatic carbocycles. The van der Waals surface area contributed by atoms with Gasteiger partial charge in [-0.3, -0.25) is 14.4 Å². The first kappa shape index (κ1) is 15.4. The summed E-state index contributed by atoms with van der Waals surface area (Å²) >= 11 is 0.993. The molecule has 6 nitrogen and oxygen atoms in total. The van der Waals surface area contributed by atoms with Gasteiger partial charge in [0.1, 0.15) is 11.0 Å². The number of hydrogen-bond donors (Lipinski definition) is 1. The second kappa shape index (κ2) is 6.17. The summed E-state index contributed by atoms with van der Waals surface area (Å²) in [6.45, 7) is 1.50. The zero-order chi connectivity index (χ0) is 15.6. The number of carboxylic acid groups (broad SMARTS) is 1. The number of nitrogens with zero attached hydrogens (tertiary/aromatic N) is 1. The Kier molecular flexibility index (Phi) is 4.52. The summed E-state index contributed by atoms with van der Waals surface area (Å²) in [6.07, 6.45) is 0.0122. The van der Waals surface area contributed by atoms with Crippen molar-refractivity contribution in [2.45, 2.75) is 23.8 Å². The first-order chi connectivity index (χ1) is 9.93. The van der Waals surface area contributed by atoms with Crippen LogP contribution >= 0.6 is 11.8 Å². The number of carbonyl (C=O) groups is 3. The lowest BCUT2D eigenvalue weighted by molar-refractivity contribution is -0.136. The fourth-order valence-electron chi connectivity index (χ4n) is 2.04. The fraction of sp³-hybridized carbons (Fsp3) is 0.357. The fourth-order valence-corrected chi connectivity index (χ4v) is 3.11. The van der Waals surface area contributed by atoms with Crippen molar-refractivity contribution in [1.82, 2.24) is 0 Å². The predicted molar refractivity (Wildman–Crippen MR) is 78.6 cm³/mol. The summed E-state index contributed by atoms with van der Waals surface area (Å²) < 4.78 is 5.08. The van der Waals surface area contributed by atoms with Crippen LogP contribution in [0.2, 0.25) is 0 Å². The number of carboxylic acids is 1. The maximum Gasteiger partial charge on any atom is 0.316 e. The number of anilines is 1. The van der Waals surface area contributed by atoms with Gasteiger partial charge in [-0.15, -0.1) is 11.8 Å². The molecular formula is C14H15NO5S. The van der Waals surface area contributed by atoms with Crippen molar-refractivity contribution in [1.29, 1.82) is 0 Å². The van der Waals surface area contributed by atoms with Gasteiger partial charge in [-0.05, 0) is 19.1 Å². The minimum absolute atomic E-state index is 0.0122.